The van der Waals surface area contributed by atoms with Crippen LogP contribution in [0.25, 0.3) is 0 Å². The van der Waals surface area contributed by atoms with Gasteiger partial charge in [-0.15, -0.1) is 10.2 Å². The number of hydrogen-bond acceptors (Lipinski definition) is 5. The first-order valence-corrected chi connectivity index (χ1v) is 10.1. The Morgan fingerprint density at radius 1 is 1.24 bits per heavy atom. The molecule has 0 N–H and O–H groups in total. The molecule has 156 valence electrons. The molecule has 1 aromatic carbocycles. The van der Waals surface area contributed by atoms with Gasteiger partial charge in [-0.25, -0.2) is 8.78 Å². The average Bonchev–Trinajstić information content (AvgIpc) is 3.29. The lowest BCUT2D eigenvalue weighted by atomic mass is 9.71. The van der Waals surface area contributed by atoms with Crippen LogP contribution in [0.3, 0.4) is 0 Å². The van der Waals surface area contributed by atoms with E-state index in [1.807, 2.05) is 13.8 Å². The molecule has 1 spiro atoms. The summed E-state index contributed by atoms with van der Waals surface area (Å²) >= 11 is 0. The molecule has 1 atom stereocenters. The summed E-state index contributed by atoms with van der Waals surface area (Å²) in [5.74, 6) is -0.800. The smallest absolute Gasteiger partial charge is 0.256 e. The van der Waals surface area contributed by atoms with Crippen molar-refractivity contribution in [1.29, 1.82) is 0 Å². The van der Waals surface area contributed by atoms with Crippen LogP contribution in [-0.2, 0) is 0 Å². The Bertz CT molecular complexity index is 906. The van der Waals surface area contributed by atoms with E-state index in [2.05, 4.69) is 22.1 Å². The van der Waals surface area contributed by atoms with Gasteiger partial charge < -0.3 is 14.2 Å². The van der Waals surface area contributed by atoms with Crippen LogP contribution in [0.15, 0.2) is 22.6 Å². The zero-order chi connectivity index (χ0) is 20.8. The first-order valence-electron chi connectivity index (χ1n) is 10.1. The molecule has 0 aliphatic carbocycles. The molecule has 1 unspecified atom stereocenters. The van der Waals surface area contributed by atoms with E-state index in [1.54, 1.807) is 4.90 Å². The van der Waals surface area contributed by atoms with E-state index in [0.29, 0.717) is 24.9 Å². The van der Waals surface area contributed by atoms with Crippen LogP contribution in [0, 0.1) is 17.0 Å². The van der Waals surface area contributed by atoms with Crippen LogP contribution in [-0.4, -0.2) is 59.1 Å². The van der Waals surface area contributed by atoms with Gasteiger partial charge in [-0.2, -0.15) is 0 Å². The molecule has 0 bridgehead atoms. The summed E-state index contributed by atoms with van der Waals surface area (Å²) in [4.78, 5) is 17.0. The van der Waals surface area contributed by atoms with E-state index in [0.717, 1.165) is 38.1 Å². The molecule has 29 heavy (non-hydrogen) atoms. The molecule has 6 nitrogen and oxygen atoms in total. The minimum absolute atomic E-state index is 0.0938. The number of carbonyl (C=O) groups excluding carboxylic acids is 1. The lowest BCUT2D eigenvalue weighted by Gasteiger charge is -2.40. The maximum atomic E-state index is 14.2. The van der Waals surface area contributed by atoms with Gasteiger partial charge in [0.25, 0.3) is 5.91 Å². The molecule has 2 fully saturated rings. The van der Waals surface area contributed by atoms with Crippen LogP contribution in [0.2, 0.25) is 0 Å². The highest BCUT2D eigenvalue weighted by Gasteiger charge is 2.52. The maximum absolute atomic E-state index is 14.2. The van der Waals surface area contributed by atoms with Crippen molar-refractivity contribution in [3.05, 3.63) is 47.2 Å². The average molecular weight is 404 g/mol. The number of carbonyl (C=O) groups is 1. The fraction of sp³-hybridized carbons (Fsp3) is 0.571. The monoisotopic (exact) mass is 404 g/mol. The zero-order valence-corrected chi connectivity index (χ0v) is 17.0. The van der Waals surface area contributed by atoms with E-state index < -0.39 is 17.5 Å². The summed E-state index contributed by atoms with van der Waals surface area (Å²) in [5, 5.41) is 8.46. The summed E-state index contributed by atoms with van der Waals surface area (Å²) in [5.41, 5.74) is -0.289. The summed E-state index contributed by atoms with van der Waals surface area (Å²) in [6, 6.07) is 3.08. The van der Waals surface area contributed by atoms with Gasteiger partial charge in [0.2, 0.25) is 11.8 Å². The third-order valence-electron chi connectivity index (χ3n) is 6.33. The number of aromatic nitrogens is 2. The van der Waals surface area contributed by atoms with Gasteiger partial charge in [0.15, 0.2) is 0 Å². The summed E-state index contributed by atoms with van der Waals surface area (Å²) in [7, 11) is 2.08. The molecule has 2 saturated heterocycles. The molecule has 0 saturated carbocycles. The van der Waals surface area contributed by atoms with Crippen LogP contribution in [0.1, 0.15) is 60.7 Å². The number of nitrogens with zero attached hydrogens (tertiary/aromatic N) is 4. The van der Waals surface area contributed by atoms with Crippen LogP contribution in [0.5, 0.6) is 0 Å². The molecule has 2 aromatic rings. The molecule has 8 heteroatoms. The molecule has 0 radical (unpaired) electrons. The standard InChI is InChI=1S/C21H26F2N4O2/c1-13(2)18-24-25-19(29-18)16-11-27(12-21(16)6-8-26(3)9-7-21)20(28)15-5-4-14(22)10-17(15)23/h4-5,10,13,16H,6-9,11-12H2,1-3H3. The Morgan fingerprint density at radius 3 is 2.59 bits per heavy atom. The molecular weight excluding hydrogens is 378 g/mol. The lowest BCUT2D eigenvalue weighted by Crippen LogP contribution is -2.42. The summed E-state index contributed by atoms with van der Waals surface area (Å²) in [6.45, 7) is 6.69. The van der Waals surface area contributed by atoms with Gasteiger partial charge in [-0.1, -0.05) is 13.8 Å². The normalized spacial score (nSPS) is 22.0. The number of rotatable bonds is 3. The van der Waals surface area contributed by atoms with E-state index in [-0.39, 0.29) is 22.8 Å². The maximum Gasteiger partial charge on any atom is 0.256 e. The van der Waals surface area contributed by atoms with Gasteiger partial charge >= 0.3 is 0 Å². The predicted molar refractivity (Wildman–Crippen MR) is 103 cm³/mol. The van der Waals surface area contributed by atoms with Crippen molar-refractivity contribution in [2.24, 2.45) is 5.41 Å². The molecule has 1 amide bonds. The van der Waals surface area contributed by atoms with E-state index in [1.165, 1.54) is 6.07 Å². The Balaban J connectivity index is 1.65. The van der Waals surface area contributed by atoms with Crippen molar-refractivity contribution in [2.75, 3.05) is 33.2 Å². The highest BCUT2D eigenvalue weighted by molar-refractivity contribution is 5.94. The number of hydrogen-bond donors (Lipinski definition) is 0. The van der Waals surface area contributed by atoms with E-state index >= 15 is 0 Å². The Labute approximate surface area is 168 Å². The second-order valence-corrected chi connectivity index (χ2v) is 8.66. The van der Waals surface area contributed by atoms with Crippen molar-refractivity contribution in [1.82, 2.24) is 20.0 Å². The van der Waals surface area contributed by atoms with Crippen LogP contribution < -0.4 is 0 Å². The van der Waals surface area contributed by atoms with Gasteiger partial charge in [0.1, 0.15) is 11.6 Å². The minimum atomic E-state index is -0.837. The summed E-state index contributed by atoms with van der Waals surface area (Å²) < 4.78 is 33.4. The van der Waals surface area contributed by atoms with Gasteiger partial charge in [-0.05, 0) is 45.1 Å². The fourth-order valence-corrected chi connectivity index (χ4v) is 4.49. The van der Waals surface area contributed by atoms with Gasteiger partial charge in [-0.3, -0.25) is 4.79 Å². The van der Waals surface area contributed by atoms with Crippen molar-refractivity contribution >= 4 is 5.91 Å². The number of benzene rings is 1. The van der Waals surface area contributed by atoms with Crippen LogP contribution >= 0.6 is 0 Å². The molecule has 4 rings (SSSR count). The quantitative estimate of drug-likeness (QED) is 0.784. The minimum Gasteiger partial charge on any atom is -0.425 e. The second kappa shape index (κ2) is 7.48. The third kappa shape index (κ3) is 3.66. The first-order chi connectivity index (χ1) is 13.8. The van der Waals surface area contributed by atoms with Gasteiger partial charge in [0, 0.05) is 30.5 Å². The highest BCUT2D eigenvalue weighted by Crippen LogP contribution is 2.49. The van der Waals surface area contributed by atoms with Crippen molar-refractivity contribution in [3.63, 3.8) is 0 Å². The second-order valence-electron chi connectivity index (χ2n) is 8.66. The number of halogens is 2. The largest absolute Gasteiger partial charge is 0.425 e. The highest BCUT2D eigenvalue weighted by atomic mass is 19.1. The summed E-state index contributed by atoms with van der Waals surface area (Å²) in [6.07, 6.45) is 1.78. The molecule has 1 aromatic heterocycles. The number of amides is 1. The zero-order valence-electron chi connectivity index (χ0n) is 17.0. The predicted octanol–water partition coefficient (Wildman–Crippen LogP) is 3.42. The van der Waals surface area contributed by atoms with Crippen LogP contribution in [0.4, 0.5) is 8.78 Å². The molecular formula is C21H26F2N4O2. The Hall–Kier alpha value is -2.35. The van der Waals surface area contributed by atoms with Gasteiger partial charge in [0.05, 0.1) is 11.5 Å². The molecule has 3 heterocycles. The topological polar surface area (TPSA) is 62.5 Å². The van der Waals surface area contributed by atoms with E-state index in [4.69, 9.17) is 4.42 Å². The van der Waals surface area contributed by atoms with Crippen molar-refractivity contribution in [3.8, 4) is 0 Å². The Kier molecular flexibility index (Phi) is 5.14. The third-order valence-corrected chi connectivity index (χ3v) is 6.33. The molecule has 2 aliphatic rings. The molecule has 2 aliphatic heterocycles. The number of piperidine rings is 1. The number of likely N-dealkylation sites (tertiary alicyclic amines) is 2. The van der Waals surface area contributed by atoms with Crippen molar-refractivity contribution in [2.45, 2.75) is 38.5 Å². The van der Waals surface area contributed by atoms with Crippen molar-refractivity contribution < 1.29 is 18.0 Å². The Morgan fingerprint density at radius 2 is 1.97 bits per heavy atom. The fourth-order valence-electron chi connectivity index (χ4n) is 4.49. The lowest BCUT2D eigenvalue weighted by molar-refractivity contribution is 0.0722. The SMILES string of the molecule is CC(C)c1nnc(C2CN(C(=O)c3ccc(F)cc3F)CC23CCN(C)CC3)o1. The first kappa shape index (κ1) is 19.9. The van der Waals surface area contributed by atoms with E-state index in [9.17, 15) is 13.6 Å².